The zero-order valence-corrected chi connectivity index (χ0v) is 18.1. The van der Waals surface area contributed by atoms with Crippen LogP contribution in [0.2, 0.25) is 0 Å². The zero-order chi connectivity index (χ0) is 19.0. The van der Waals surface area contributed by atoms with Crippen molar-refractivity contribution in [2.24, 2.45) is 0 Å². The molecule has 2 nitrogen and oxygen atoms in total. The fraction of sp³-hybridized carbons (Fsp3) is 0.0385. The predicted molar refractivity (Wildman–Crippen MR) is 114 cm³/mol. The Hall–Kier alpha value is -3.00. The van der Waals surface area contributed by atoms with Crippen molar-refractivity contribution in [1.29, 1.82) is 0 Å². The van der Waals surface area contributed by atoms with Gasteiger partial charge in [-0.15, -0.1) is 35.9 Å². The Bertz CT molecular complexity index is 994. The molecule has 29 heavy (non-hydrogen) atoms. The molecule has 0 fully saturated rings. The molecule has 1 aliphatic rings. The first-order chi connectivity index (χ1) is 13.9. The topological polar surface area (TPSA) is 27.0 Å². The Kier molecular flexibility index (Phi) is 7.52. The molecule has 0 saturated carbocycles. The van der Waals surface area contributed by atoms with Gasteiger partial charge in [-0.3, -0.25) is 0 Å². The SMILES string of the molecule is [Ir+3].[c-]1ccccc1-c1ccccn1.[c-]1ccccc1C1[N-]C=Cc2ccccc21. The molecule has 0 radical (unpaired) electrons. The van der Waals surface area contributed by atoms with Crippen molar-refractivity contribution >= 4 is 6.08 Å². The van der Waals surface area contributed by atoms with Crippen molar-refractivity contribution in [3.8, 4) is 11.3 Å². The largest absolute Gasteiger partial charge is 3.00 e. The fourth-order valence-electron chi connectivity index (χ4n) is 3.10. The van der Waals surface area contributed by atoms with Crippen LogP contribution in [-0.2, 0) is 20.1 Å². The first-order valence-corrected chi connectivity index (χ1v) is 9.22. The molecule has 0 N–H and O–H groups in total. The molecule has 0 amide bonds. The molecule has 2 heterocycles. The van der Waals surface area contributed by atoms with Gasteiger partial charge in [0.2, 0.25) is 0 Å². The van der Waals surface area contributed by atoms with Crippen LogP contribution in [0.5, 0.6) is 0 Å². The van der Waals surface area contributed by atoms with E-state index in [1.807, 2.05) is 66.9 Å². The van der Waals surface area contributed by atoms with E-state index in [0.29, 0.717) is 0 Å². The van der Waals surface area contributed by atoms with Gasteiger partial charge in [-0.1, -0.05) is 54.1 Å². The maximum absolute atomic E-state index is 4.53. The summed E-state index contributed by atoms with van der Waals surface area (Å²) in [4.78, 5) is 4.22. The minimum atomic E-state index is 0. The molecule has 0 aliphatic carbocycles. The minimum absolute atomic E-state index is 0. The van der Waals surface area contributed by atoms with Gasteiger partial charge in [0.15, 0.2) is 0 Å². The van der Waals surface area contributed by atoms with E-state index < -0.39 is 0 Å². The summed E-state index contributed by atoms with van der Waals surface area (Å²) >= 11 is 0. The normalized spacial score (nSPS) is 13.7. The molecule has 4 aromatic rings. The standard InChI is InChI=1S/C15H11N.C11H8N.Ir/c1-2-7-13(8-3-1)15-14-9-5-4-6-12(14)10-11-16-15;1-2-6-10(7-3-1)11-8-4-5-9-12-11;/h1-7,9-11,15H;1-6,8-9H;/q-2;-1;+3. The maximum Gasteiger partial charge on any atom is 3.00 e. The first kappa shape index (κ1) is 20.7. The molecule has 0 bridgehead atoms. The second kappa shape index (κ2) is 10.5. The number of hydrogen-bond donors (Lipinski definition) is 0. The molecule has 1 aromatic heterocycles. The summed E-state index contributed by atoms with van der Waals surface area (Å²) in [5.74, 6) is 0. The number of aromatic nitrogens is 1. The molecule has 1 atom stereocenters. The molecule has 5 rings (SSSR count). The van der Waals surface area contributed by atoms with Gasteiger partial charge >= 0.3 is 20.1 Å². The van der Waals surface area contributed by atoms with Crippen LogP contribution in [0.15, 0.2) is 103 Å². The van der Waals surface area contributed by atoms with Crippen LogP contribution in [0.25, 0.3) is 22.7 Å². The van der Waals surface area contributed by atoms with Crippen molar-refractivity contribution < 1.29 is 20.1 Å². The summed E-state index contributed by atoms with van der Waals surface area (Å²) in [5, 5.41) is 4.53. The number of hydrogen-bond acceptors (Lipinski definition) is 1. The summed E-state index contributed by atoms with van der Waals surface area (Å²) in [6, 6.07) is 36.6. The van der Waals surface area contributed by atoms with Gasteiger partial charge in [0.1, 0.15) is 0 Å². The van der Waals surface area contributed by atoms with Gasteiger partial charge in [-0.2, -0.15) is 42.1 Å². The summed E-state index contributed by atoms with van der Waals surface area (Å²) in [6.45, 7) is 0. The van der Waals surface area contributed by atoms with Gasteiger partial charge in [0.05, 0.1) is 0 Å². The molecule has 0 spiro atoms. The van der Waals surface area contributed by atoms with Crippen LogP contribution in [-0.4, -0.2) is 4.98 Å². The quantitative estimate of drug-likeness (QED) is 0.262. The minimum Gasteiger partial charge on any atom is -0.682 e. The molecule has 1 aliphatic heterocycles. The van der Waals surface area contributed by atoms with Gasteiger partial charge < -0.3 is 10.3 Å². The van der Waals surface area contributed by atoms with Crippen molar-refractivity contribution in [3.63, 3.8) is 0 Å². The van der Waals surface area contributed by atoms with Gasteiger partial charge in [-0.25, -0.2) is 0 Å². The van der Waals surface area contributed by atoms with Crippen molar-refractivity contribution in [2.75, 3.05) is 0 Å². The van der Waals surface area contributed by atoms with Crippen LogP contribution in [0, 0.1) is 12.1 Å². The summed E-state index contributed by atoms with van der Waals surface area (Å²) in [6.07, 6.45) is 5.72. The average Bonchev–Trinajstić information content (AvgIpc) is 2.81. The van der Waals surface area contributed by atoms with Crippen LogP contribution in [0.4, 0.5) is 0 Å². The number of benzene rings is 3. The van der Waals surface area contributed by atoms with E-state index in [1.165, 1.54) is 11.1 Å². The zero-order valence-electron chi connectivity index (χ0n) is 15.7. The molecule has 3 aromatic carbocycles. The molecular formula is C26H19IrN2. The van der Waals surface area contributed by atoms with Gasteiger partial charge in [0.25, 0.3) is 0 Å². The Labute approximate surface area is 185 Å². The van der Waals surface area contributed by atoms with Crippen LogP contribution in [0.1, 0.15) is 22.7 Å². The van der Waals surface area contributed by atoms with E-state index in [4.69, 9.17) is 0 Å². The molecule has 0 saturated heterocycles. The third-order valence-electron chi connectivity index (χ3n) is 4.46. The van der Waals surface area contributed by atoms with Crippen LogP contribution < -0.4 is 0 Å². The second-order valence-electron chi connectivity index (χ2n) is 6.31. The smallest absolute Gasteiger partial charge is 0.682 e. The van der Waals surface area contributed by atoms with E-state index in [2.05, 4.69) is 58.8 Å². The van der Waals surface area contributed by atoms with Crippen LogP contribution >= 0.6 is 0 Å². The maximum atomic E-state index is 4.53. The monoisotopic (exact) mass is 552 g/mol. The van der Waals surface area contributed by atoms with Crippen molar-refractivity contribution in [2.45, 2.75) is 6.04 Å². The van der Waals surface area contributed by atoms with Crippen molar-refractivity contribution in [3.05, 3.63) is 138 Å². The Morgan fingerprint density at radius 1 is 0.759 bits per heavy atom. The molecule has 142 valence electrons. The number of nitrogens with zero attached hydrogens (tertiary/aromatic N) is 2. The van der Waals surface area contributed by atoms with Crippen molar-refractivity contribution in [1.82, 2.24) is 4.98 Å². The van der Waals surface area contributed by atoms with E-state index >= 15 is 0 Å². The van der Waals surface area contributed by atoms with Crippen LogP contribution in [0.3, 0.4) is 0 Å². The fourth-order valence-corrected chi connectivity index (χ4v) is 3.10. The van der Waals surface area contributed by atoms with E-state index in [1.54, 1.807) is 6.20 Å². The Morgan fingerprint density at radius 2 is 1.52 bits per heavy atom. The molecule has 1 unspecified atom stereocenters. The summed E-state index contributed by atoms with van der Waals surface area (Å²) in [5.41, 5.74) is 5.64. The first-order valence-electron chi connectivity index (χ1n) is 9.22. The van der Waals surface area contributed by atoms with Gasteiger partial charge in [0, 0.05) is 6.20 Å². The number of rotatable bonds is 2. The number of fused-ring (bicyclic) bond motifs is 1. The van der Waals surface area contributed by atoms with Gasteiger partial charge in [-0.05, 0) is 17.3 Å². The average molecular weight is 552 g/mol. The summed E-state index contributed by atoms with van der Waals surface area (Å²) in [7, 11) is 0. The second-order valence-corrected chi connectivity index (χ2v) is 6.31. The summed E-state index contributed by atoms with van der Waals surface area (Å²) < 4.78 is 0. The van der Waals surface area contributed by atoms with E-state index in [9.17, 15) is 0 Å². The molecular weight excluding hydrogens is 533 g/mol. The van der Waals surface area contributed by atoms with E-state index in [0.717, 1.165) is 16.8 Å². The third-order valence-corrected chi connectivity index (χ3v) is 4.46. The van der Waals surface area contributed by atoms with E-state index in [-0.39, 0.29) is 26.1 Å². The number of pyridine rings is 1. The molecule has 3 heteroatoms. The third kappa shape index (κ3) is 5.29. The Balaban J connectivity index is 0.000000167. The predicted octanol–water partition coefficient (Wildman–Crippen LogP) is 6.48. The Morgan fingerprint density at radius 3 is 2.24 bits per heavy atom.